The first kappa shape index (κ1) is 17.4. The molecule has 24 heavy (non-hydrogen) atoms. The molecule has 2 aliphatic rings. The van der Waals surface area contributed by atoms with Gasteiger partial charge in [-0.2, -0.15) is 0 Å². The average molecular weight is 331 g/mol. The Bertz CT molecular complexity index is 539. The molecule has 1 heterocycles. The number of aliphatic hydroxyl groups excluding tert-OH is 1. The first-order valence-corrected chi connectivity index (χ1v) is 9.28. The molecule has 0 radical (unpaired) electrons. The number of β-amino-alcohol motifs (C(OH)–C–C–N with tert-alkyl or cyclic N) is 1. The van der Waals surface area contributed by atoms with Crippen molar-refractivity contribution in [3.05, 3.63) is 35.9 Å². The van der Waals surface area contributed by atoms with Gasteiger partial charge in [0, 0.05) is 13.1 Å². The Labute approximate surface area is 144 Å². The fourth-order valence-electron chi connectivity index (χ4n) is 4.14. The lowest BCUT2D eigenvalue weighted by atomic mass is 9.81. The number of likely N-dealkylation sites (tertiary alicyclic amines) is 1. The molecule has 0 aromatic heterocycles. The summed E-state index contributed by atoms with van der Waals surface area (Å²) in [6.07, 6.45) is 6.02. The number of hydrogen-bond acceptors (Lipinski definition) is 3. The van der Waals surface area contributed by atoms with Gasteiger partial charge in [-0.15, -0.1) is 0 Å². The van der Waals surface area contributed by atoms with Crippen molar-refractivity contribution in [1.82, 2.24) is 4.90 Å². The number of amides is 1. The quantitative estimate of drug-likeness (QED) is 0.891. The molecule has 1 saturated carbocycles. The summed E-state index contributed by atoms with van der Waals surface area (Å²) in [6.45, 7) is 1.08. The maximum Gasteiger partial charge on any atom is 0.225 e. The Morgan fingerprint density at radius 2 is 1.88 bits per heavy atom. The van der Waals surface area contributed by atoms with Gasteiger partial charge in [-0.1, -0.05) is 49.6 Å². The highest BCUT2D eigenvalue weighted by molar-refractivity contribution is 5.77. The summed E-state index contributed by atoms with van der Waals surface area (Å²) in [5.74, 6) is 0.200. The highest BCUT2D eigenvalue weighted by Crippen LogP contribution is 2.32. The number of nitrogens with zero attached hydrogens (tertiary/aromatic N) is 1. The van der Waals surface area contributed by atoms with Gasteiger partial charge in [0.15, 0.2) is 0 Å². The Hall–Kier alpha value is -1.39. The lowest BCUT2D eigenvalue weighted by molar-refractivity contribution is -0.142. The Morgan fingerprint density at radius 3 is 2.54 bits per heavy atom. The number of benzene rings is 1. The summed E-state index contributed by atoms with van der Waals surface area (Å²) in [7, 11) is 0. The lowest BCUT2D eigenvalue weighted by Crippen LogP contribution is -2.49. The number of carbonyl (C=O) groups is 1. The molecule has 4 heteroatoms. The van der Waals surface area contributed by atoms with E-state index < -0.39 is 11.7 Å². The van der Waals surface area contributed by atoms with Gasteiger partial charge in [0.05, 0.1) is 18.1 Å². The van der Waals surface area contributed by atoms with Crippen LogP contribution in [0, 0.1) is 5.92 Å². The third kappa shape index (κ3) is 4.37. The molecule has 0 spiro atoms. The molecule has 1 aliphatic heterocycles. The zero-order valence-corrected chi connectivity index (χ0v) is 14.4. The summed E-state index contributed by atoms with van der Waals surface area (Å²) in [5.41, 5.74) is 0.416. The normalized spacial score (nSPS) is 27.0. The third-order valence-corrected chi connectivity index (χ3v) is 5.68. The minimum Gasteiger partial charge on any atom is -0.391 e. The van der Waals surface area contributed by atoms with Gasteiger partial charge in [0.1, 0.15) is 0 Å². The predicted molar refractivity (Wildman–Crippen MR) is 93.5 cm³/mol. The Morgan fingerprint density at radius 1 is 1.17 bits per heavy atom. The predicted octanol–water partition coefficient (Wildman–Crippen LogP) is 2.52. The van der Waals surface area contributed by atoms with Crippen LogP contribution in [-0.2, 0) is 11.2 Å². The number of rotatable bonds is 4. The molecule has 2 N–H and O–H groups in total. The van der Waals surface area contributed by atoms with E-state index in [1.165, 1.54) is 5.56 Å². The molecule has 3 rings (SSSR count). The fourth-order valence-corrected chi connectivity index (χ4v) is 4.14. The highest BCUT2D eigenvalue weighted by atomic mass is 16.3. The Kier molecular flexibility index (Phi) is 5.57. The summed E-state index contributed by atoms with van der Waals surface area (Å²) < 4.78 is 0. The first-order chi connectivity index (χ1) is 11.6. The van der Waals surface area contributed by atoms with Gasteiger partial charge in [0.25, 0.3) is 0 Å². The van der Waals surface area contributed by atoms with Crippen LogP contribution >= 0.6 is 0 Å². The minimum absolute atomic E-state index is 0.00314. The maximum absolute atomic E-state index is 12.5. The molecular weight excluding hydrogens is 302 g/mol. The minimum atomic E-state index is -0.818. The molecule has 2 fully saturated rings. The van der Waals surface area contributed by atoms with Gasteiger partial charge in [-0.25, -0.2) is 0 Å². The molecule has 1 aliphatic carbocycles. The van der Waals surface area contributed by atoms with Crippen molar-refractivity contribution in [3.63, 3.8) is 0 Å². The molecule has 0 bridgehead atoms. The van der Waals surface area contributed by atoms with E-state index in [0.717, 1.165) is 44.9 Å². The van der Waals surface area contributed by atoms with Gasteiger partial charge < -0.3 is 15.1 Å². The van der Waals surface area contributed by atoms with Crippen molar-refractivity contribution in [1.29, 1.82) is 0 Å². The number of piperidine rings is 1. The third-order valence-electron chi connectivity index (χ3n) is 5.68. The fraction of sp³-hybridized carbons (Fsp3) is 0.650. The standard InChI is InChI=1S/C20H29NO3/c22-18-15-21(19(23)14-20(24)10-5-2-6-11-20)12-9-17(18)13-16-7-3-1-4-8-16/h1,3-4,7-8,17-18,22,24H,2,5-6,9-15H2/t17-,18-/m1/s1. The molecule has 1 aromatic carbocycles. The van der Waals surface area contributed by atoms with E-state index in [0.29, 0.717) is 13.1 Å². The van der Waals surface area contributed by atoms with Gasteiger partial charge in [-0.3, -0.25) is 4.79 Å². The van der Waals surface area contributed by atoms with E-state index >= 15 is 0 Å². The van der Waals surface area contributed by atoms with Crippen molar-refractivity contribution in [2.24, 2.45) is 5.92 Å². The van der Waals surface area contributed by atoms with Crippen molar-refractivity contribution in [2.75, 3.05) is 13.1 Å². The van der Waals surface area contributed by atoms with Crippen molar-refractivity contribution in [3.8, 4) is 0 Å². The molecular formula is C20H29NO3. The number of aliphatic hydroxyl groups is 2. The molecule has 1 aromatic rings. The number of carbonyl (C=O) groups excluding carboxylic acids is 1. The van der Waals surface area contributed by atoms with Crippen LogP contribution in [0.4, 0.5) is 0 Å². The first-order valence-electron chi connectivity index (χ1n) is 9.28. The van der Waals surface area contributed by atoms with E-state index in [9.17, 15) is 15.0 Å². The summed E-state index contributed by atoms with van der Waals surface area (Å²) in [5, 5.41) is 21.0. The van der Waals surface area contributed by atoms with Crippen LogP contribution in [0.25, 0.3) is 0 Å². The molecule has 4 nitrogen and oxygen atoms in total. The van der Waals surface area contributed by atoms with E-state index in [1.54, 1.807) is 4.90 Å². The average Bonchev–Trinajstić information content (AvgIpc) is 2.58. The Balaban J connectivity index is 1.52. The SMILES string of the molecule is O=C(CC1(O)CCCCC1)N1CC[C@H](Cc2ccccc2)[C@H](O)C1. The molecule has 1 amide bonds. The van der Waals surface area contributed by atoms with Crippen LogP contribution in [0.3, 0.4) is 0 Å². The van der Waals surface area contributed by atoms with Crippen molar-refractivity contribution in [2.45, 2.75) is 63.1 Å². The molecule has 2 atom stereocenters. The van der Waals surface area contributed by atoms with Crippen LogP contribution in [0.2, 0.25) is 0 Å². The van der Waals surface area contributed by atoms with Crippen molar-refractivity contribution >= 4 is 5.91 Å². The molecule has 0 unspecified atom stereocenters. The van der Waals surface area contributed by atoms with E-state index in [4.69, 9.17) is 0 Å². The van der Waals surface area contributed by atoms with Crippen LogP contribution < -0.4 is 0 Å². The van der Waals surface area contributed by atoms with Crippen molar-refractivity contribution < 1.29 is 15.0 Å². The maximum atomic E-state index is 12.5. The molecule has 132 valence electrons. The van der Waals surface area contributed by atoms with Crippen LogP contribution in [0.1, 0.15) is 50.5 Å². The number of hydrogen-bond donors (Lipinski definition) is 2. The second kappa shape index (κ2) is 7.66. The van der Waals surface area contributed by atoms with E-state index in [-0.39, 0.29) is 18.2 Å². The second-order valence-corrected chi connectivity index (χ2v) is 7.61. The summed E-state index contributed by atoms with van der Waals surface area (Å²) >= 11 is 0. The van der Waals surface area contributed by atoms with Gasteiger partial charge >= 0.3 is 0 Å². The largest absolute Gasteiger partial charge is 0.391 e. The monoisotopic (exact) mass is 331 g/mol. The smallest absolute Gasteiger partial charge is 0.225 e. The van der Waals surface area contributed by atoms with Crippen LogP contribution in [0.5, 0.6) is 0 Å². The topological polar surface area (TPSA) is 60.8 Å². The van der Waals surface area contributed by atoms with Crippen LogP contribution in [-0.4, -0.2) is 45.8 Å². The second-order valence-electron chi connectivity index (χ2n) is 7.61. The summed E-state index contributed by atoms with van der Waals surface area (Å²) in [4.78, 5) is 14.3. The van der Waals surface area contributed by atoms with Gasteiger partial charge in [0.2, 0.25) is 5.91 Å². The summed E-state index contributed by atoms with van der Waals surface area (Å²) in [6, 6.07) is 10.2. The molecule has 1 saturated heterocycles. The zero-order valence-electron chi connectivity index (χ0n) is 14.4. The zero-order chi connectivity index (χ0) is 17.0. The lowest BCUT2D eigenvalue weighted by Gasteiger charge is -2.38. The van der Waals surface area contributed by atoms with E-state index in [2.05, 4.69) is 12.1 Å². The highest BCUT2D eigenvalue weighted by Gasteiger charge is 2.36. The van der Waals surface area contributed by atoms with Gasteiger partial charge in [-0.05, 0) is 37.2 Å². The van der Waals surface area contributed by atoms with E-state index in [1.807, 2.05) is 18.2 Å². The van der Waals surface area contributed by atoms with Crippen LogP contribution in [0.15, 0.2) is 30.3 Å².